The molecule has 2 aromatic rings. The number of furan rings is 1. The maximum atomic E-state index is 5.14. The van der Waals surface area contributed by atoms with Gasteiger partial charge in [-0.25, -0.2) is 0 Å². The maximum absolute atomic E-state index is 5.14. The molecule has 0 bridgehead atoms. The topological polar surface area (TPSA) is 13.1 Å². The van der Waals surface area contributed by atoms with Crippen molar-refractivity contribution < 1.29 is 4.42 Å². The van der Waals surface area contributed by atoms with Gasteiger partial charge in [-0.15, -0.1) is 0 Å². The van der Waals surface area contributed by atoms with Gasteiger partial charge in [-0.1, -0.05) is 24.3 Å². The molecule has 0 aliphatic heterocycles. The number of fused-ring (bicyclic) bond motifs is 3. The summed E-state index contributed by atoms with van der Waals surface area (Å²) >= 11 is 0. The molecule has 1 aromatic heterocycles. The minimum absolute atomic E-state index is 1.03. The van der Waals surface area contributed by atoms with E-state index >= 15 is 0 Å². The molecule has 12 heavy (non-hydrogen) atoms. The summed E-state index contributed by atoms with van der Waals surface area (Å²) in [5, 5.41) is 0. The Balaban J connectivity index is 2.34. The van der Waals surface area contributed by atoms with Crippen LogP contribution in [0.5, 0.6) is 0 Å². The van der Waals surface area contributed by atoms with Crippen molar-refractivity contribution in [2.24, 2.45) is 0 Å². The molecule has 1 aromatic carbocycles. The number of benzene rings is 1. The summed E-state index contributed by atoms with van der Waals surface area (Å²) in [5.41, 5.74) is 5.33. The zero-order chi connectivity index (χ0) is 7.97. The first-order valence-corrected chi connectivity index (χ1v) is 4.08. The van der Waals surface area contributed by atoms with Crippen molar-refractivity contribution in [2.45, 2.75) is 6.42 Å². The molecule has 0 saturated carbocycles. The molecule has 0 N–H and O–H groups in total. The van der Waals surface area contributed by atoms with E-state index in [2.05, 4.69) is 24.3 Å². The van der Waals surface area contributed by atoms with E-state index in [4.69, 9.17) is 4.42 Å². The molecule has 3 rings (SSSR count). The molecule has 0 unspecified atom stereocenters. The number of hydrogen-bond acceptors (Lipinski definition) is 1. The first-order chi connectivity index (χ1) is 5.95. The van der Waals surface area contributed by atoms with E-state index in [0.29, 0.717) is 0 Å². The third-order valence-corrected chi connectivity index (χ3v) is 2.43. The van der Waals surface area contributed by atoms with Crippen LogP contribution in [0.3, 0.4) is 0 Å². The first kappa shape index (κ1) is 6.06. The van der Waals surface area contributed by atoms with Crippen molar-refractivity contribution in [3.8, 4) is 11.1 Å². The lowest BCUT2D eigenvalue weighted by Gasteiger charge is -1.95. The Morgan fingerprint density at radius 3 is 2.83 bits per heavy atom. The molecule has 0 atom stereocenters. The van der Waals surface area contributed by atoms with E-state index in [0.717, 1.165) is 6.42 Å². The molecule has 0 amide bonds. The molecule has 0 fully saturated rings. The Morgan fingerprint density at radius 2 is 1.83 bits per heavy atom. The lowest BCUT2D eigenvalue weighted by atomic mass is 10.1. The van der Waals surface area contributed by atoms with Gasteiger partial charge in [-0.05, 0) is 11.1 Å². The Labute approximate surface area is 70.6 Å². The fourth-order valence-electron chi connectivity index (χ4n) is 1.84. The van der Waals surface area contributed by atoms with Crippen LogP contribution in [0.15, 0.2) is 41.2 Å². The Kier molecular flexibility index (Phi) is 1.01. The lowest BCUT2D eigenvalue weighted by molar-refractivity contribution is 0.564. The predicted octanol–water partition coefficient (Wildman–Crippen LogP) is 2.85. The molecule has 0 spiro atoms. The third kappa shape index (κ3) is 0.632. The van der Waals surface area contributed by atoms with E-state index in [1.54, 1.807) is 0 Å². The Bertz CT molecular complexity index is 426. The van der Waals surface area contributed by atoms with Crippen LogP contribution in [0.1, 0.15) is 11.1 Å². The highest BCUT2D eigenvalue weighted by atomic mass is 16.3. The van der Waals surface area contributed by atoms with Crippen molar-refractivity contribution in [1.82, 2.24) is 0 Å². The van der Waals surface area contributed by atoms with Crippen molar-refractivity contribution >= 4 is 0 Å². The standard InChI is InChI=1S/C11H8O/c1-2-4-10-8(3-1)5-9-6-12-7-11(9)10/h1-4,6-7H,5H2. The molecule has 1 heterocycles. The van der Waals surface area contributed by atoms with Gasteiger partial charge in [0.25, 0.3) is 0 Å². The van der Waals surface area contributed by atoms with Crippen LogP contribution in [-0.2, 0) is 6.42 Å². The van der Waals surface area contributed by atoms with Gasteiger partial charge in [0.2, 0.25) is 0 Å². The largest absolute Gasteiger partial charge is 0.472 e. The number of hydrogen-bond donors (Lipinski definition) is 0. The fourth-order valence-corrected chi connectivity index (χ4v) is 1.84. The minimum Gasteiger partial charge on any atom is -0.472 e. The second-order valence-corrected chi connectivity index (χ2v) is 3.14. The molecule has 1 nitrogen and oxygen atoms in total. The van der Waals surface area contributed by atoms with Crippen LogP contribution in [-0.4, -0.2) is 0 Å². The monoisotopic (exact) mass is 156 g/mol. The molecule has 1 heteroatoms. The smallest absolute Gasteiger partial charge is 0.0984 e. The highest BCUT2D eigenvalue weighted by Crippen LogP contribution is 2.36. The summed E-state index contributed by atoms with van der Waals surface area (Å²) in [6.45, 7) is 0. The summed E-state index contributed by atoms with van der Waals surface area (Å²) in [5.74, 6) is 0. The summed E-state index contributed by atoms with van der Waals surface area (Å²) in [6.07, 6.45) is 4.71. The predicted molar refractivity (Wildman–Crippen MR) is 47.0 cm³/mol. The van der Waals surface area contributed by atoms with E-state index in [1.807, 2.05) is 12.5 Å². The molecular formula is C11H8O. The molecule has 0 radical (unpaired) electrons. The summed E-state index contributed by atoms with van der Waals surface area (Å²) in [4.78, 5) is 0. The van der Waals surface area contributed by atoms with Crippen LogP contribution in [0, 0.1) is 0 Å². The second-order valence-electron chi connectivity index (χ2n) is 3.14. The summed E-state index contributed by atoms with van der Waals surface area (Å²) in [6, 6.07) is 8.48. The quantitative estimate of drug-likeness (QED) is 0.487. The Morgan fingerprint density at radius 1 is 0.917 bits per heavy atom. The van der Waals surface area contributed by atoms with E-state index in [-0.39, 0.29) is 0 Å². The van der Waals surface area contributed by atoms with Crippen LogP contribution in [0.25, 0.3) is 11.1 Å². The van der Waals surface area contributed by atoms with Crippen LogP contribution in [0.2, 0.25) is 0 Å². The van der Waals surface area contributed by atoms with Gasteiger partial charge >= 0.3 is 0 Å². The third-order valence-electron chi connectivity index (χ3n) is 2.43. The van der Waals surface area contributed by atoms with Crippen molar-refractivity contribution in [3.63, 3.8) is 0 Å². The first-order valence-electron chi connectivity index (χ1n) is 4.08. The van der Waals surface area contributed by atoms with Gasteiger partial charge in [0.05, 0.1) is 12.5 Å². The van der Waals surface area contributed by atoms with E-state index in [9.17, 15) is 0 Å². The fraction of sp³-hybridized carbons (Fsp3) is 0.0909. The van der Waals surface area contributed by atoms with Crippen LogP contribution in [0.4, 0.5) is 0 Å². The van der Waals surface area contributed by atoms with Gasteiger partial charge in [-0.3, -0.25) is 0 Å². The molecular weight excluding hydrogens is 148 g/mol. The zero-order valence-corrected chi connectivity index (χ0v) is 6.58. The van der Waals surface area contributed by atoms with Gasteiger partial charge in [0.15, 0.2) is 0 Å². The van der Waals surface area contributed by atoms with Gasteiger partial charge < -0.3 is 4.42 Å². The van der Waals surface area contributed by atoms with Gasteiger partial charge in [0.1, 0.15) is 0 Å². The number of rotatable bonds is 0. The highest BCUT2D eigenvalue weighted by molar-refractivity contribution is 5.75. The van der Waals surface area contributed by atoms with Gasteiger partial charge in [0, 0.05) is 17.5 Å². The summed E-state index contributed by atoms with van der Waals surface area (Å²) in [7, 11) is 0. The maximum Gasteiger partial charge on any atom is 0.0984 e. The SMILES string of the molecule is c1ccc2c(c1)Cc1cocc1-2. The average molecular weight is 156 g/mol. The van der Waals surface area contributed by atoms with Gasteiger partial charge in [-0.2, -0.15) is 0 Å². The molecule has 1 aliphatic rings. The average Bonchev–Trinajstić information content (AvgIpc) is 2.62. The van der Waals surface area contributed by atoms with Crippen LogP contribution < -0.4 is 0 Å². The van der Waals surface area contributed by atoms with Crippen molar-refractivity contribution in [1.29, 1.82) is 0 Å². The van der Waals surface area contributed by atoms with E-state index < -0.39 is 0 Å². The minimum atomic E-state index is 1.03. The Hall–Kier alpha value is -1.50. The molecule has 58 valence electrons. The zero-order valence-electron chi connectivity index (χ0n) is 6.58. The summed E-state index contributed by atoms with van der Waals surface area (Å²) < 4.78 is 5.14. The highest BCUT2D eigenvalue weighted by Gasteiger charge is 2.18. The lowest BCUT2D eigenvalue weighted by Crippen LogP contribution is -1.77. The molecule has 0 saturated heterocycles. The molecule has 1 aliphatic carbocycles. The van der Waals surface area contributed by atoms with Crippen molar-refractivity contribution in [2.75, 3.05) is 0 Å². The van der Waals surface area contributed by atoms with Crippen LogP contribution >= 0.6 is 0 Å². The van der Waals surface area contributed by atoms with E-state index in [1.165, 1.54) is 22.3 Å². The normalized spacial score (nSPS) is 12.7. The second kappa shape index (κ2) is 2.01. The van der Waals surface area contributed by atoms with Crippen molar-refractivity contribution in [3.05, 3.63) is 47.9 Å².